The molecule has 2 heterocycles. The van der Waals surface area contributed by atoms with Gasteiger partial charge in [0.25, 0.3) is 0 Å². The Morgan fingerprint density at radius 1 is 1.47 bits per heavy atom. The molecule has 0 aliphatic carbocycles. The van der Waals surface area contributed by atoms with Crippen molar-refractivity contribution in [2.45, 2.75) is 6.92 Å². The first-order valence-electron chi connectivity index (χ1n) is 4.38. The van der Waals surface area contributed by atoms with Gasteiger partial charge in [0.15, 0.2) is 0 Å². The fourth-order valence-corrected chi connectivity index (χ4v) is 1.90. The summed E-state index contributed by atoms with van der Waals surface area (Å²) in [6, 6.07) is 4.43. The maximum Gasteiger partial charge on any atom is 0.212 e. The number of aromatic nitrogens is 1. The molecule has 0 aliphatic heterocycles. The van der Waals surface area contributed by atoms with E-state index >= 15 is 0 Å². The number of rotatable bonds is 2. The van der Waals surface area contributed by atoms with Crippen molar-refractivity contribution in [3.8, 4) is 0 Å². The van der Waals surface area contributed by atoms with Crippen molar-refractivity contribution in [3.05, 3.63) is 51.7 Å². The zero-order valence-corrected chi connectivity index (χ0v) is 8.84. The van der Waals surface area contributed by atoms with Gasteiger partial charge in [-0.05, 0) is 25.1 Å². The van der Waals surface area contributed by atoms with Crippen molar-refractivity contribution >= 4 is 17.1 Å². The Bertz CT molecular complexity index is 490. The second-order valence-electron chi connectivity index (χ2n) is 3.14. The Hall–Kier alpha value is -1.55. The lowest BCUT2D eigenvalue weighted by molar-refractivity contribution is 0.103. The molecule has 0 aliphatic rings. The molecule has 0 radical (unpaired) electrons. The molecule has 0 amide bonds. The molecule has 2 nitrogen and oxygen atoms in total. The first-order valence-corrected chi connectivity index (χ1v) is 5.26. The molecule has 0 bridgehead atoms. The third-order valence-corrected chi connectivity index (χ3v) is 2.81. The maximum atomic E-state index is 12.6. The highest BCUT2D eigenvalue weighted by Crippen LogP contribution is 2.16. The molecule has 0 unspecified atom stereocenters. The third-order valence-electron chi connectivity index (χ3n) is 1.95. The van der Waals surface area contributed by atoms with Gasteiger partial charge in [-0.3, -0.25) is 4.79 Å². The van der Waals surface area contributed by atoms with Crippen LogP contribution < -0.4 is 0 Å². The van der Waals surface area contributed by atoms with Gasteiger partial charge in [-0.15, -0.1) is 11.3 Å². The largest absolute Gasteiger partial charge is 0.287 e. The number of hydrogen-bond donors (Lipinski definition) is 0. The predicted octanol–water partition coefficient (Wildman–Crippen LogP) is 2.82. The second kappa shape index (κ2) is 3.90. The summed E-state index contributed by atoms with van der Waals surface area (Å²) in [7, 11) is 0. The number of thiophene rings is 1. The smallest absolute Gasteiger partial charge is 0.212 e. The first-order chi connectivity index (χ1) is 7.16. The highest BCUT2D eigenvalue weighted by molar-refractivity contribution is 7.10. The molecular weight excluding hydrogens is 213 g/mol. The molecule has 0 N–H and O–H groups in total. The van der Waals surface area contributed by atoms with Crippen molar-refractivity contribution in [3.63, 3.8) is 0 Å². The highest BCUT2D eigenvalue weighted by Gasteiger charge is 2.11. The summed E-state index contributed by atoms with van der Waals surface area (Å²) in [5, 5.41) is 1.78. The third kappa shape index (κ3) is 2.10. The van der Waals surface area contributed by atoms with E-state index in [0.29, 0.717) is 5.56 Å². The lowest BCUT2D eigenvalue weighted by Crippen LogP contribution is -2.02. The number of carbonyl (C=O) groups is 1. The van der Waals surface area contributed by atoms with Crippen molar-refractivity contribution in [1.82, 2.24) is 4.98 Å². The van der Waals surface area contributed by atoms with E-state index in [4.69, 9.17) is 0 Å². The van der Waals surface area contributed by atoms with Crippen molar-refractivity contribution in [2.24, 2.45) is 0 Å². The van der Waals surface area contributed by atoms with Crippen LogP contribution in [0.15, 0.2) is 29.8 Å². The normalized spacial score (nSPS) is 10.3. The molecule has 0 fully saturated rings. The molecule has 0 spiro atoms. The Balaban J connectivity index is 2.32. The zero-order valence-electron chi connectivity index (χ0n) is 8.03. The fraction of sp³-hybridized carbons (Fsp3) is 0.0909. The molecular formula is C11H8FNOS. The van der Waals surface area contributed by atoms with Gasteiger partial charge < -0.3 is 0 Å². The first kappa shape index (κ1) is 9.98. The van der Waals surface area contributed by atoms with Crippen LogP contribution in [0.3, 0.4) is 0 Å². The molecule has 2 aromatic heterocycles. The van der Waals surface area contributed by atoms with Gasteiger partial charge in [-0.2, -0.15) is 0 Å². The predicted molar refractivity (Wildman–Crippen MR) is 56.7 cm³/mol. The summed E-state index contributed by atoms with van der Waals surface area (Å²) in [5.41, 5.74) is 0.880. The molecule has 2 aromatic rings. The summed E-state index contributed by atoms with van der Waals surface area (Å²) < 4.78 is 12.6. The van der Waals surface area contributed by atoms with E-state index in [0.717, 1.165) is 11.1 Å². The van der Waals surface area contributed by atoms with Gasteiger partial charge in [0, 0.05) is 15.8 Å². The lowest BCUT2D eigenvalue weighted by Gasteiger charge is -1.96. The lowest BCUT2D eigenvalue weighted by atomic mass is 10.1. The monoisotopic (exact) mass is 221 g/mol. The van der Waals surface area contributed by atoms with Crippen LogP contribution in [-0.2, 0) is 0 Å². The summed E-state index contributed by atoms with van der Waals surface area (Å²) in [6.07, 6.45) is 1.05. The summed E-state index contributed by atoms with van der Waals surface area (Å²) >= 11 is 1.51. The van der Waals surface area contributed by atoms with Gasteiger partial charge in [-0.1, -0.05) is 0 Å². The Morgan fingerprint density at radius 2 is 2.27 bits per heavy atom. The summed E-state index contributed by atoms with van der Waals surface area (Å²) in [4.78, 5) is 16.6. The van der Waals surface area contributed by atoms with Crippen LogP contribution in [0.25, 0.3) is 0 Å². The highest BCUT2D eigenvalue weighted by atomic mass is 32.1. The molecule has 0 aromatic carbocycles. The van der Waals surface area contributed by atoms with Crippen LogP contribution in [0.5, 0.6) is 0 Å². The van der Waals surface area contributed by atoms with Crippen LogP contribution >= 0.6 is 11.3 Å². The molecule has 0 atom stereocenters. The minimum absolute atomic E-state index is 0.167. The molecule has 0 saturated carbocycles. The van der Waals surface area contributed by atoms with E-state index in [9.17, 15) is 9.18 Å². The van der Waals surface area contributed by atoms with Crippen LogP contribution in [0.4, 0.5) is 4.39 Å². The van der Waals surface area contributed by atoms with Crippen molar-refractivity contribution < 1.29 is 9.18 Å². The van der Waals surface area contributed by atoms with Crippen LogP contribution in [0, 0.1) is 12.7 Å². The van der Waals surface area contributed by atoms with Crippen molar-refractivity contribution in [1.29, 1.82) is 0 Å². The number of aryl methyl sites for hydroxylation is 1. The standard InChI is InChI=1S/C11H8FNOS/c1-7-4-8(6-15-7)11(14)10-3-2-9(12)5-13-10/h2-6H,1H3. The van der Waals surface area contributed by atoms with E-state index in [-0.39, 0.29) is 11.5 Å². The fourth-order valence-electron chi connectivity index (χ4n) is 1.22. The van der Waals surface area contributed by atoms with Crippen LogP contribution in [0.1, 0.15) is 20.9 Å². The van der Waals surface area contributed by atoms with Gasteiger partial charge in [-0.25, -0.2) is 9.37 Å². The Labute approximate surface area is 90.4 Å². The maximum absolute atomic E-state index is 12.6. The SMILES string of the molecule is Cc1cc(C(=O)c2ccc(F)cn2)cs1. The quantitative estimate of drug-likeness (QED) is 0.730. The van der Waals surface area contributed by atoms with E-state index < -0.39 is 5.82 Å². The van der Waals surface area contributed by atoms with Gasteiger partial charge in [0.2, 0.25) is 5.78 Å². The molecule has 2 rings (SSSR count). The minimum Gasteiger partial charge on any atom is -0.287 e. The Morgan fingerprint density at radius 3 is 2.80 bits per heavy atom. The number of pyridine rings is 1. The number of nitrogens with zero attached hydrogens (tertiary/aromatic N) is 1. The summed E-state index contributed by atoms with van der Waals surface area (Å²) in [6.45, 7) is 1.93. The number of carbonyl (C=O) groups excluding carboxylic acids is 1. The number of ketones is 1. The average molecular weight is 221 g/mol. The van der Waals surface area contributed by atoms with Gasteiger partial charge in [0.05, 0.1) is 6.20 Å². The topological polar surface area (TPSA) is 30.0 Å². The number of hydrogen-bond acceptors (Lipinski definition) is 3. The van der Waals surface area contributed by atoms with Crippen LogP contribution in [-0.4, -0.2) is 10.8 Å². The molecule has 15 heavy (non-hydrogen) atoms. The van der Waals surface area contributed by atoms with E-state index in [1.54, 1.807) is 11.4 Å². The molecule has 0 saturated heterocycles. The summed E-state index contributed by atoms with van der Waals surface area (Å²) in [5.74, 6) is -0.604. The molecule has 76 valence electrons. The second-order valence-corrected chi connectivity index (χ2v) is 4.25. The minimum atomic E-state index is -0.437. The number of halogens is 1. The van der Waals surface area contributed by atoms with Gasteiger partial charge >= 0.3 is 0 Å². The average Bonchev–Trinajstić information content (AvgIpc) is 2.65. The van der Waals surface area contributed by atoms with Crippen molar-refractivity contribution in [2.75, 3.05) is 0 Å². The van der Waals surface area contributed by atoms with Crippen LogP contribution in [0.2, 0.25) is 0 Å². The molecule has 4 heteroatoms. The van der Waals surface area contributed by atoms with E-state index in [1.165, 1.54) is 23.5 Å². The van der Waals surface area contributed by atoms with E-state index in [2.05, 4.69) is 4.98 Å². The van der Waals surface area contributed by atoms with E-state index in [1.807, 2.05) is 6.92 Å². The Kier molecular flexibility index (Phi) is 2.60. The van der Waals surface area contributed by atoms with Gasteiger partial charge in [0.1, 0.15) is 11.5 Å². The zero-order chi connectivity index (χ0) is 10.8.